The molecular formula is C25H24N6O2S. The van der Waals surface area contributed by atoms with Crippen molar-refractivity contribution in [3.8, 4) is 5.75 Å². The van der Waals surface area contributed by atoms with Gasteiger partial charge in [0.15, 0.2) is 11.0 Å². The number of aromatic nitrogens is 3. The number of carbonyl (C=O) groups excluding carboxylic acids is 1. The van der Waals surface area contributed by atoms with Gasteiger partial charge in [-0.05, 0) is 29.0 Å². The first kappa shape index (κ1) is 23.1. The summed E-state index contributed by atoms with van der Waals surface area (Å²) in [6.45, 7) is 4.83. The quantitative estimate of drug-likeness (QED) is 0.138. The molecule has 4 rings (SSSR count). The number of phenols is 1. The first-order valence-corrected chi connectivity index (χ1v) is 11.6. The maximum atomic E-state index is 12.3. The Morgan fingerprint density at radius 2 is 1.88 bits per heavy atom. The molecule has 0 radical (unpaired) electrons. The van der Waals surface area contributed by atoms with Gasteiger partial charge >= 0.3 is 0 Å². The van der Waals surface area contributed by atoms with Gasteiger partial charge in [0, 0.05) is 17.8 Å². The van der Waals surface area contributed by atoms with Gasteiger partial charge in [-0.1, -0.05) is 66.4 Å². The van der Waals surface area contributed by atoms with Gasteiger partial charge in [0.2, 0.25) is 0 Å². The van der Waals surface area contributed by atoms with Gasteiger partial charge in [-0.15, -0.1) is 16.8 Å². The summed E-state index contributed by atoms with van der Waals surface area (Å²) < 4.78 is 1.91. The SMILES string of the molecule is C=CCn1c(CNc2ccccc2)nnc1SCC(=O)NN=Cc1c(O)ccc2ccccc12. The van der Waals surface area contributed by atoms with Crippen LogP contribution in [-0.2, 0) is 17.9 Å². The Labute approximate surface area is 201 Å². The summed E-state index contributed by atoms with van der Waals surface area (Å²) in [6.07, 6.45) is 3.22. The predicted octanol–water partition coefficient (Wildman–Crippen LogP) is 4.18. The number of hydrazone groups is 1. The normalized spacial score (nSPS) is 11.1. The summed E-state index contributed by atoms with van der Waals surface area (Å²) in [6, 6.07) is 20.9. The lowest BCUT2D eigenvalue weighted by Crippen LogP contribution is -2.20. The van der Waals surface area contributed by atoms with E-state index in [1.807, 2.05) is 65.2 Å². The second kappa shape index (κ2) is 11.2. The summed E-state index contributed by atoms with van der Waals surface area (Å²) in [5, 5.41) is 28.5. The van der Waals surface area contributed by atoms with E-state index in [9.17, 15) is 9.90 Å². The molecule has 1 heterocycles. The number of hydrogen-bond acceptors (Lipinski definition) is 7. The highest BCUT2D eigenvalue weighted by Gasteiger charge is 2.13. The molecule has 34 heavy (non-hydrogen) atoms. The average Bonchev–Trinajstić information content (AvgIpc) is 3.25. The van der Waals surface area contributed by atoms with Crippen LogP contribution in [0.2, 0.25) is 0 Å². The summed E-state index contributed by atoms with van der Waals surface area (Å²) in [4.78, 5) is 12.3. The number of thioether (sulfide) groups is 1. The largest absolute Gasteiger partial charge is 0.507 e. The van der Waals surface area contributed by atoms with Crippen LogP contribution in [0.25, 0.3) is 10.8 Å². The smallest absolute Gasteiger partial charge is 0.250 e. The molecule has 0 aliphatic carbocycles. The Hall–Kier alpha value is -4.11. The molecule has 0 unspecified atom stereocenters. The van der Waals surface area contributed by atoms with E-state index < -0.39 is 0 Å². The van der Waals surface area contributed by atoms with Crippen LogP contribution in [0.3, 0.4) is 0 Å². The molecule has 0 aliphatic rings. The molecule has 0 atom stereocenters. The van der Waals surface area contributed by atoms with Crippen LogP contribution >= 0.6 is 11.8 Å². The lowest BCUT2D eigenvalue weighted by Gasteiger charge is -2.09. The molecule has 0 bridgehead atoms. The monoisotopic (exact) mass is 472 g/mol. The van der Waals surface area contributed by atoms with Crippen molar-refractivity contribution in [3.05, 3.63) is 90.8 Å². The first-order valence-electron chi connectivity index (χ1n) is 10.6. The maximum Gasteiger partial charge on any atom is 0.250 e. The zero-order valence-corrected chi connectivity index (χ0v) is 19.2. The zero-order valence-electron chi connectivity index (χ0n) is 18.4. The van der Waals surface area contributed by atoms with Crippen molar-refractivity contribution >= 4 is 40.3 Å². The van der Waals surface area contributed by atoms with Crippen molar-refractivity contribution in [3.63, 3.8) is 0 Å². The summed E-state index contributed by atoms with van der Waals surface area (Å²) in [5.41, 5.74) is 4.04. The summed E-state index contributed by atoms with van der Waals surface area (Å²) in [5.74, 6) is 0.662. The predicted molar refractivity (Wildman–Crippen MR) is 136 cm³/mol. The molecule has 0 spiro atoms. The topological polar surface area (TPSA) is 104 Å². The van der Waals surface area contributed by atoms with Crippen molar-refractivity contribution in [2.45, 2.75) is 18.2 Å². The molecule has 8 nitrogen and oxygen atoms in total. The number of para-hydroxylation sites is 1. The molecule has 4 aromatic rings. The highest BCUT2D eigenvalue weighted by atomic mass is 32.2. The third-order valence-corrected chi connectivity index (χ3v) is 5.96. The maximum absolute atomic E-state index is 12.3. The van der Waals surface area contributed by atoms with Crippen LogP contribution in [0.15, 0.2) is 89.6 Å². The van der Waals surface area contributed by atoms with E-state index in [4.69, 9.17) is 0 Å². The van der Waals surface area contributed by atoms with E-state index in [-0.39, 0.29) is 17.4 Å². The fourth-order valence-corrected chi connectivity index (χ4v) is 4.12. The van der Waals surface area contributed by atoms with Crippen molar-refractivity contribution in [2.24, 2.45) is 5.10 Å². The van der Waals surface area contributed by atoms with Crippen LogP contribution in [0.4, 0.5) is 5.69 Å². The molecule has 1 amide bonds. The number of amides is 1. The van der Waals surface area contributed by atoms with Crippen molar-refractivity contribution in [1.82, 2.24) is 20.2 Å². The molecule has 3 N–H and O–H groups in total. The van der Waals surface area contributed by atoms with E-state index in [2.05, 4.69) is 32.6 Å². The first-order chi connectivity index (χ1) is 16.7. The van der Waals surface area contributed by atoms with E-state index in [1.54, 1.807) is 12.1 Å². The number of hydrogen-bond donors (Lipinski definition) is 3. The van der Waals surface area contributed by atoms with Crippen LogP contribution < -0.4 is 10.7 Å². The number of anilines is 1. The van der Waals surface area contributed by atoms with Crippen molar-refractivity contribution < 1.29 is 9.90 Å². The van der Waals surface area contributed by atoms with Crippen molar-refractivity contribution in [1.29, 1.82) is 0 Å². The van der Waals surface area contributed by atoms with E-state index in [1.165, 1.54) is 18.0 Å². The summed E-state index contributed by atoms with van der Waals surface area (Å²) in [7, 11) is 0. The fourth-order valence-electron chi connectivity index (χ4n) is 3.36. The Kier molecular flexibility index (Phi) is 7.56. The molecule has 0 saturated heterocycles. The molecule has 172 valence electrons. The van der Waals surface area contributed by atoms with E-state index in [0.717, 1.165) is 22.3 Å². The van der Waals surface area contributed by atoms with Gasteiger partial charge < -0.3 is 15.0 Å². The molecule has 0 aliphatic heterocycles. The lowest BCUT2D eigenvalue weighted by molar-refractivity contribution is -0.118. The molecule has 0 saturated carbocycles. The Morgan fingerprint density at radius 3 is 2.71 bits per heavy atom. The second-order valence-electron chi connectivity index (χ2n) is 7.32. The second-order valence-corrected chi connectivity index (χ2v) is 8.26. The third-order valence-electron chi connectivity index (χ3n) is 4.99. The number of nitrogens with one attached hydrogen (secondary N) is 2. The number of benzene rings is 3. The number of rotatable bonds is 10. The Morgan fingerprint density at radius 1 is 1.09 bits per heavy atom. The van der Waals surface area contributed by atoms with Crippen LogP contribution in [0.5, 0.6) is 5.75 Å². The Bertz CT molecular complexity index is 1320. The standard InChI is InChI=1S/C25H24N6O2S/c1-2-14-31-23(16-26-19-9-4-3-5-10-19)28-30-25(31)34-17-24(33)29-27-15-21-20-11-7-6-8-18(20)12-13-22(21)32/h2-13,15,26,32H,1,14,16-17H2,(H,29,33). The molecule has 1 aromatic heterocycles. The van der Waals surface area contributed by atoms with Crippen molar-refractivity contribution in [2.75, 3.05) is 11.1 Å². The zero-order chi connectivity index (χ0) is 23.8. The number of allylic oxidation sites excluding steroid dienone is 1. The number of aromatic hydroxyl groups is 1. The van der Waals surface area contributed by atoms with Gasteiger partial charge in [0.1, 0.15) is 5.75 Å². The van der Waals surface area contributed by atoms with Crippen LogP contribution in [-0.4, -0.2) is 37.7 Å². The van der Waals surface area contributed by atoms with Gasteiger partial charge in [0.25, 0.3) is 5.91 Å². The van der Waals surface area contributed by atoms with Gasteiger partial charge in [-0.2, -0.15) is 5.10 Å². The van der Waals surface area contributed by atoms with Gasteiger partial charge in [-0.25, -0.2) is 5.43 Å². The van der Waals surface area contributed by atoms with E-state index >= 15 is 0 Å². The minimum Gasteiger partial charge on any atom is -0.507 e. The molecule has 3 aromatic carbocycles. The minimum absolute atomic E-state index is 0.0974. The average molecular weight is 473 g/mol. The van der Waals surface area contributed by atoms with Crippen LogP contribution in [0, 0.1) is 0 Å². The number of fused-ring (bicyclic) bond motifs is 1. The fraction of sp³-hybridized carbons (Fsp3) is 0.120. The number of phenolic OH excluding ortho intramolecular Hbond substituents is 1. The minimum atomic E-state index is -0.293. The number of carbonyl (C=O) groups is 1. The number of nitrogens with zero attached hydrogens (tertiary/aromatic N) is 4. The highest BCUT2D eigenvalue weighted by Crippen LogP contribution is 2.25. The van der Waals surface area contributed by atoms with Gasteiger partial charge in [0.05, 0.1) is 18.5 Å². The Balaban J connectivity index is 1.36. The third kappa shape index (κ3) is 5.62. The molecular weight excluding hydrogens is 448 g/mol. The molecule has 0 fully saturated rings. The highest BCUT2D eigenvalue weighted by molar-refractivity contribution is 7.99. The van der Waals surface area contributed by atoms with E-state index in [0.29, 0.717) is 23.8 Å². The lowest BCUT2D eigenvalue weighted by atomic mass is 10.0. The van der Waals surface area contributed by atoms with Gasteiger partial charge in [-0.3, -0.25) is 4.79 Å². The molecule has 9 heteroatoms. The summed E-state index contributed by atoms with van der Waals surface area (Å²) >= 11 is 1.27. The van der Waals surface area contributed by atoms with Crippen LogP contribution in [0.1, 0.15) is 11.4 Å².